The van der Waals surface area contributed by atoms with Crippen molar-refractivity contribution in [3.63, 3.8) is 0 Å². The van der Waals surface area contributed by atoms with E-state index in [9.17, 15) is 0 Å². The summed E-state index contributed by atoms with van der Waals surface area (Å²) in [5, 5.41) is 11.1. The number of guanidine groups is 1. The molecule has 0 aliphatic heterocycles. The van der Waals surface area contributed by atoms with E-state index in [1.807, 2.05) is 16.9 Å². The molecule has 0 unspecified atom stereocenters. The third kappa shape index (κ3) is 8.57. The van der Waals surface area contributed by atoms with E-state index in [4.69, 9.17) is 4.74 Å². The summed E-state index contributed by atoms with van der Waals surface area (Å²) < 4.78 is 6.99. The Morgan fingerprint density at radius 1 is 1.32 bits per heavy atom. The molecule has 0 fully saturated rings. The van der Waals surface area contributed by atoms with E-state index in [1.54, 1.807) is 14.2 Å². The van der Waals surface area contributed by atoms with Crippen molar-refractivity contribution in [3.05, 3.63) is 18.0 Å². The summed E-state index contributed by atoms with van der Waals surface area (Å²) in [5.41, 5.74) is 1.02. The molecule has 0 amide bonds. The van der Waals surface area contributed by atoms with Crippen LogP contribution in [-0.4, -0.2) is 43.0 Å². The summed E-state index contributed by atoms with van der Waals surface area (Å²) in [6, 6.07) is 2.42. The summed E-state index contributed by atoms with van der Waals surface area (Å²) in [6.45, 7) is 6.68. The highest BCUT2D eigenvalue weighted by Gasteiger charge is 2.03. The van der Waals surface area contributed by atoms with Gasteiger partial charge in [-0.3, -0.25) is 9.67 Å². The monoisotopic (exact) mass is 423 g/mol. The van der Waals surface area contributed by atoms with Gasteiger partial charge < -0.3 is 15.4 Å². The zero-order chi connectivity index (χ0) is 15.5. The molecule has 1 aromatic rings. The SMILES string of the molecule is CN=C(NCCCCCOC)NCc1ccn(C(C)C)n1.I. The van der Waals surface area contributed by atoms with Crippen LogP contribution in [0.25, 0.3) is 0 Å². The predicted octanol–water partition coefficient (Wildman–Crippen LogP) is 2.56. The van der Waals surface area contributed by atoms with Gasteiger partial charge in [-0.05, 0) is 39.2 Å². The van der Waals surface area contributed by atoms with Gasteiger partial charge in [0.15, 0.2) is 5.96 Å². The lowest BCUT2D eigenvalue weighted by Gasteiger charge is -2.11. The Labute approximate surface area is 151 Å². The van der Waals surface area contributed by atoms with Crippen molar-refractivity contribution >= 4 is 29.9 Å². The minimum atomic E-state index is 0. The van der Waals surface area contributed by atoms with Crippen LogP contribution < -0.4 is 10.6 Å². The first-order valence-electron chi connectivity index (χ1n) is 7.65. The number of aliphatic imine (C=N–C) groups is 1. The van der Waals surface area contributed by atoms with Gasteiger partial charge in [0.25, 0.3) is 0 Å². The lowest BCUT2D eigenvalue weighted by Crippen LogP contribution is -2.37. The highest BCUT2D eigenvalue weighted by molar-refractivity contribution is 14.0. The summed E-state index contributed by atoms with van der Waals surface area (Å²) in [5.74, 6) is 0.820. The molecule has 0 saturated carbocycles. The summed E-state index contributed by atoms with van der Waals surface area (Å²) in [4.78, 5) is 4.21. The lowest BCUT2D eigenvalue weighted by molar-refractivity contribution is 0.192. The number of ether oxygens (including phenoxy) is 1. The van der Waals surface area contributed by atoms with Gasteiger partial charge in [-0.25, -0.2) is 0 Å². The second kappa shape index (κ2) is 12.7. The molecule has 1 rings (SSSR count). The van der Waals surface area contributed by atoms with Crippen molar-refractivity contribution in [2.45, 2.75) is 45.7 Å². The first-order chi connectivity index (χ1) is 10.2. The van der Waals surface area contributed by atoms with E-state index >= 15 is 0 Å². The maximum atomic E-state index is 5.03. The third-order valence-corrected chi connectivity index (χ3v) is 3.17. The van der Waals surface area contributed by atoms with Crippen LogP contribution in [0.2, 0.25) is 0 Å². The standard InChI is InChI=1S/C15H29N5O.HI/c1-13(2)20-10-8-14(19-20)12-18-15(16-3)17-9-6-5-7-11-21-4;/h8,10,13H,5-7,9,11-12H2,1-4H3,(H2,16,17,18);1H. The maximum Gasteiger partial charge on any atom is 0.191 e. The van der Waals surface area contributed by atoms with Crippen molar-refractivity contribution in [1.29, 1.82) is 0 Å². The molecule has 0 saturated heterocycles. The molecule has 2 N–H and O–H groups in total. The van der Waals surface area contributed by atoms with Crippen molar-refractivity contribution in [3.8, 4) is 0 Å². The zero-order valence-electron chi connectivity index (χ0n) is 14.1. The Balaban J connectivity index is 0.00000441. The van der Waals surface area contributed by atoms with Gasteiger partial charge in [-0.1, -0.05) is 0 Å². The van der Waals surface area contributed by atoms with E-state index in [0.29, 0.717) is 12.6 Å². The van der Waals surface area contributed by atoms with Crippen LogP contribution in [0.4, 0.5) is 0 Å². The van der Waals surface area contributed by atoms with Crippen LogP contribution in [0.3, 0.4) is 0 Å². The smallest absolute Gasteiger partial charge is 0.191 e. The second-order valence-electron chi connectivity index (χ2n) is 5.29. The Hall–Kier alpha value is -0.830. The Morgan fingerprint density at radius 2 is 2.09 bits per heavy atom. The second-order valence-corrected chi connectivity index (χ2v) is 5.29. The van der Waals surface area contributed by atoms with Crippen LogP contribution in [0.15, 0.2) is 17.3 Å². The Morgan fingerprint density at radius 3 is 2.68 bits per heavy atom. The minimum absolute atomic E-state index is 0. The van der Waals surface area contributed by atoms with E-state index in [2.05, 4.69) is 34.6 Å². The van der Waals surface area contributed by atoms with Crippen molar-refractivity contribution in [1.82, 2.24) is 20.4 Å². The third-order valence-electron chi connectivity index (χ3n) is 3.17. The molecule has 0 spiro atoms. The van der Waals surface area contributed by atoms with Crippen LogP contribution in [-0.2, 0) is 11.3 Å². The van der Waals surface area contributed by atoms with Gasteiger partial charge in [0.1, 0.15) is 0 Å². The molecule has 1 heterocycles. The first-order valence-corrected chi connectivity index (χ1v) is 7.65. The minimum Gasteiger partial charge on any atom is -0.385 e. The maximum absolute atomic E-state index is 5.03. The number of halogens is 1. The molecule has 0 radical (unpaired) electrons. The van der Waals surface area contributed by atoms with Crippen molar-refractivity contribution in [2.24, 2.45) is 4.99 Å². The number of rotatable bonds is 9. The molecule has 0 aliphatic rings. The zero-order valence-corrected chi connectivity index (χ0v) is 16.5. The van der Waals surface area contributed by atoms with Crippen LogP contribution in [0.1, 0.15) is 44.8 Å². The Bertz CT molecular complexity index is 420. The lowest BCUT2D eigenvalue weighted by atomic mass is 10.2. The fourth-order valence-electron chi connectivity index (χ4n) is 1.91. The number of nitrogens with zero attached hydrogens (tertiary/aromatic N) is 3. The highest BCUT2D eigenvalue weighted by Crippen LogP contribution is 2.03. The van der Waals surface area contributed by atoms with Gasteiger partial charge >= 0.3 is 0 Å². The van der Waals surface area contributed by atoms with E-state index in [0.717, 1.165) is 44.1 Å². The fourth-order valence-corrected chi connectivity index (χ4v) is 1.91. The molecule has 7 heteroatoms. The van der Waals surface area contributed by atoms with Crippen molar-refractivity contribution in [2.75, 3.05) is 27.3 Å². The largest absolute Gasteiger partial charge is 0.385 e. The van der Waals surface area contributed by atoms with E-state index in [-0.39, 0.29) is 24.0 Å². The van der Waals surface area contributed by atoms with Gasteiger partial charge in [0, 0.05) is 39.5 Å². The average molecular weight is 423 g/mol. The van der Waals surface area contributed by atoms with E-state index in [1.165, 1.54) is 0 Å². The molecule has 0 atom stereocenters. The predicted molar refractivity (Wildman–Crippen MR) is 102 cm³/mol. The molecule has 128 valence electrons. The molecular weight excluding hydrogens is 393 g/mol. The summed E-state index contributed by atoms with van der Waals surface area (Å²) in [6.07, 6.45) is 5.40. The number of hydrogen-bond acceptors (Lipinski definition) is 3. The molecule has 0 bridgehead atoms. The summed E-state index contributed by atoms with van der Waals surface area (Å²) in [7, 11) is 3.53. The fraction of sp³-hybridized carbons (Fsp3) is 0.733. The van der Waals surface area contributed by atoms with Gasteiger partial charge in [-0.15, -0.1) is 24.0 Å². The molecule has 6 nitrogen and oxygen atoms in total. The molecule has 0 aliphatic carbocycles. The topological polar surface area (TPSA) is 63.5 Å². The number of aromatic nitrogens is 2. The molecule has 1 aromatic heterocycles. The van der Waals surface area contributed by atoms with Gasteiger partial charge in [0.05, 0.1) is 12.2 Å². The first kappa shape index (κ1) is 21.2. The highest BCUT2D eigenvalue weighted by atomic mass is 127. The number of unbranched alkanes of at least 4 members (excludes halogenated alkanes) is 2. The van der Waals surface area contributed by atoms with Crippen LogP contribution in [0.5, 0.6) is 0 Å². The van der Waals surface area contributed by atoms with Crippen LogP contribution in [0, 0.1) is 0 Å². The van der Waals surface area contributed by atoms with Crippen LogP contribution >= 0.6 is 24.0 Å². The normalized spacial score (nSPS) is 11.4. The molecule has 22 heavy (non-hydrogen) atoms. The average Bonchev–Trinajstić information content (AvgIpc) is 2.95. The van der Waals surface area contributed by atoms with Gasteiger partial charge in [0.2, 0.25) is 0 Å². The molecule has 0 aromatic carbocycles. The molecular formula is C15H30IN5O. The number of hydrogen-bond donors (Lipinski definition) is 2. The van der Waals surface area contributed by atoms with E-state index < -0.39 is 0 Å². The number of methoxy groups -OCH3 is 1. The van der Waals surface area contributed by atoms with Gasteiger partial charge in [-0.2, -0.15) is 5.10 Å². The van der Waals surface area contributed by atoms with Crippen molar-refractivity contribution < 1.29 is 4.74 Å². The summed E-state index contributed by atoms with van der Waals surface area (Å²) >= 11 is 0. The quantitative estimate of drug-likeness (QED) is 0.277. The Kier molecular flexibility index (Phi) is 12.2. The number of nitrogens with one attached hydrogen (secondary N) is 2.